The van der Waals surface area contributed by atoms with E-state index < -0.39 is 5.82 Å². The molecular weight excluding hydrogens is 312 g/mol. The molecule has 0 radical (unpaired) electrons. The summed E-state index contributed by atoms with van der Waals surface area (Å²) in [5, 5.41) is 0.667. The number of rotatable bonds is 5. The molecule has 0 fully saturated rings. The van der Waals surface area contributed by atoms with Crippen LogP contribution in [0, 0.1) is 5.82 Å². The minimum atomic E-state index is -0.480. The van der Waals surface area contributed by atoms with Crippen molar-refractivity contribution in [3.63, 3.8) is 0 Å². The third kappa shape index (κ3) is 4.10. The summed E-state index contributed by atoms with van der Waals surface area (Å²) in [6, 6.07) is 11.4. The molecule has 0 aromatic heterocycles. The monoisotopic (exact) mass is 327 g/mol. The molecule has 0 amide bonds. The molecular formula is C16H16Cl2FNO. The second-order valence-corrected chi connectivity index (χ2v) is 5.58. The summed E-state index contributed by atoms with van der Waals surface area (Å²) < 4.78 is 19.1. The molecule has 21 heavy (non-hydrogen) atoms. The van der Waals surface area contributed by atoms with Gasteiger partial charge >= 0.3 is 0 Å². The Labute approximate surface area is 133 Å². The number of nitrogens with two attached hydrogens (primary N) is 1. The highest BCUT2D eigenvalue weighted by molar-refractivity contribution is 6.31. The van der Waals surface area contributed by atoms with Crippen LogP contribution < -0.4 is 10.5 Å². The van der Waals surface area contributed by atoms with Gasteiger partial charge in [-0.05, 0) is 36.2 Å². The molecule has 0 bridgehead atoms. The van der Waals surface area contributed by atoms with Gasteiger partial charge in [0.1, 0.15) is 17.7 Å². The highest BCUT2D eigenvalue weighted by atomic mass is 35.5. The van der Waals surface area contributed by atoms with Gasteiger partial charge in [0.15, 0.2) is 0 Å². The van der Waals surface area contributed by atoms with Crippen LogP contribution in [-0.2, 0) is 0 Å². The maximum absolute atomic E-state index is 13.2. The predicted octanol–water partition coefficient (Wildman–Crippen LogP) is 4.99. The van der Waals surface area contributed by atoms with Crippen LogP contribution in [0.5, 0.6) is 5.75 Å². The zero-order chi connectivity index (χ0) is 15.4. The lowest BCUT2D eigenvalue weighted by Crippen LogP contribution is -2.31. The number of benzene rings is 2. The van der Waals surface area contributed by atoms with Crippen LogP contribution in [0.4, 0.5) is 4.39 Å². The first-order valence-corrected chi connectivity index (χ1v) is 7.39. The highest BCUT2D eigenvalue weighted by Crippen LogP contribution is 2.29. The second-order valence-electron chi connectivity index (χ2n) is 4.74. The third-order valence-electron chi connectivity index (χ3n) is 3.21. The highest BCUT2D eigenvalue weighted by Gasteiger charge is 2.21. The van der Waals surface area contributed by atoms with Crippen molar-refractivity contribution in [3.8, 4) is 5.75 Å². The van der Waals surface area contributed by atoms with E-state index in [1.54, 1.807) is 12.1 Å². The molecule has 0 aliphatic heterocycles. The van der Waals surface area contributed by atoms with Crippen LogP contribution in [0.15, 0.2) is 42.5 Å². The summed E-state index contributed by atoms with van der Waals surface area (Å²) in [7, 11) is 0. The predicted molar refractivity (Wildman–Crippen MR) is 84.5 cm³/mol. The molecule has 112 valence electrons. The minimum Gasteiger partial charge on any atom is -0.484 e. The van der Waals surface area contributed by atoms with Crippen molar-refractivity contribution in [2.45, 2.75) is 25.5 Å². The first kappa shape index (κ1) is 16.1. The third-order valence-corrected chi connectivity index (χ3v) is 3.75. The Morgan fingerprint density at radius 3 is 2.38 bits per heavy atom. The molecule has 2 aromatic carbocycles. The summed E-state index contributed by atoms with van der Waals surface area (Å²) >= 11 is 11.7. The Balaban J connectivity index is 2.28. The van der Waals surface area contributed by atoms with Crippen molar-refractivity contribution < 1.29 is 9.13 Å². The van der Waals surface area contributed by atoms with Gasteiger partial charge in [0.05, 0.1) is 5.02 Å². The Morgan fingerprint density at radius 2 is 1.81 bits per heavy atom. The van der Waals surface area contributed by atoms with Gasteiger partial charge in [0, 0.05) is 17.1 Å². The van der Waals surface area contributed by atoms with E-state index in [9.17, 15) is 4.39 Å². The lowest BCUT2D eigenvalue weighted by atomic mass is 10.0. The fourth-order valence-corrected chi connectivity index (χ4v) is 2.26. The average Bonchev–Trinajstić information content (AvgIpc) is 2.48. The lowest BCUT2D eigenvalue weighted by molar-refractivity contribution is 0.171. The Morgan fingerprint density at radius 1 is 1.14 bits per heavy atom. The first-order valence-electron chi connectivity index (χ1n) is 6.64. The quantitative estimate of drug-likeness (QED) is 0.839. The van der Waals surface area contributed by atoms with Crippen LogP contribution in [0.3, 0.4) is 0 Å². The molecule has 5 heteroatoms. The Hall–Kier alpha value is -1.29. The van der Waals surface area contributed by atoms with Gasteiger partial charge in [0.25, 0.3) is 0 Å². The van der Waals surface area contributed by atoms with Crippen molar-refractivity contribution >= 4 is 23.2 Å². The molecule has 0 spiro atoms. The maximum Gasteiger partial charge on any atom is 0.142 e. The van der Waals surface area contributed by atoms with E-state index >= 15 is 0 Å². The second kappa shape index (κ2) is 7.12. The van der Waals surface area contributed by atoms with Crippen molar-refractivity contribution in [1.29, 1.82) is 0 Å². The minimum absolute atomic E-state index is 0.0208. The molecule has 2 aromatic rings. The number of ether oxygens (including phenoxy) is 1. The molecule has 0 aliphatic rings. The van der Waals surface area contributed by atoms with E-state index in [4.69, 9.17) is 33.7 Å². The molecule has 2 unspecified atom stereocenters. The van der Waals surface area contributed by atoms with Gasteiger partial charge in [-0.1, -0.05) is 42.3 Å². The molecule has 2 N–H and O–H groups in total. The summed E-state index contributed by atoms with van der Waals surface area (Å²) in [5.74, 6) is -0.00269. The summed E-state index contributed by atoms with van der Waals surface area (Å²) in [6.45, 7) is 1.98. The zero-order valence-corrected chi connectivity index (χ0v) is 13.0. The van der Waals surface area contributed by atoms with Gasteiger partial charge in [-0.2, -0.15) is 0 Å². The van der Waals surface area contributed by atoms with Crippen LogP contribution in [-0.4, -0.2) is 6.04 Å². The van der Waals surface area contributed by atoms with E-state index in [-0.39, 0.29) is 17.2 Å². The fourth-order valence-electron chi connectivity index (χ4n) is 1.97. The van der Waals surface area contributed by atoms with Crippen LogP contribution in [0.25, 0.3) is 0 Å². The fraction of sp³-hybridized carbons (Fsp3) is 0.250. The first-order chi connectivity index (χ1) is 10.0. The van der Waals surface area contributed by atoms with Crippen LogP contribution in [0.2, 0.25) is 10.0 Å². The van der Waals surface area contributed by atoms with Crippen LogP contribution >= 0.6 is 23.2 Å². The largest absolute Gasteiger partial charge is 0.484 e. The number of halogens is 3. The number of hydrogen-bond acceptors (Lipinski definition) is 2. The normalized spacial score (nSPS) is 13.8. The van der Waals surface area contributed by atoms with Crippen molar-refractivity contribution in [2.75, 3.05) is 0 Å². The van der Waals surface area contributed by atoms with Gasteiger partial charge in [-0.25, -0.2) is 4.39 Å². The maximum atomic E-state index is 13.2. The van der Waals surface area contributed by atoms with Gasteiger partial charge in [0.2, 0.25) is 0 Å². The van der Waals surface area contributed by atoms with E-state index in [0.717, 1.165) is 12.0 Å². The molecule has 0 saturated heterocycles. The van der Waals surface area contributed by atoms with Gasteiger partial charge < -0.3 is 10.5 Å². The zero-order valence-electron chi connectivity index (χ0n) is 11.5. The number of hydrogen-bond donors (Lipinski definition) is 1. The van der Waals surface area contributed by atoms with Gasteiger partial charge in [-0.3, -0.25) is 0 Å². The molecule has 0 saturated carbocycles. The molecule has 0 aliphatic carbocycles. The van der Waals surface area contributed by atoms with Crippen molar-refractivity contribution in [3.05, 3.63) is 63.9 Å². The molecule has 2 nitrogen and oxygen atoms in total. The smallest absolute Gasteiger partial charge is 0.142 e. The van der Waals surface area contributed by atoms with E-state index in [1.165, 1.54) is 18.2 Å². The van der Waals surface area contributed by atoms with E-state index in [1.807, 2.05) is 19.1 Å². The van der Waals surface area contributed by atoms with Crippen molar-refractivity contribution in [1.82, 2.24) is 0 Å². The molecule has 0 heterocycles. The SMILES string of the molecule is CCC(N)C(Oc1ccc(F)c(Cl)c1)c1ccc(Cl)cc1. The lowest BCUT2D eigenvalue weighted by Gasteiger charge is -2.25. The molecule has 2 atom stereocenters. The van der Waals surface area contributed by atoms with Crippen LogP contribution in [0.1, 0.15) is 25.0 Å². The Kier molecular flexibility index (Phi) is 5.45. The topological polar surface area (TPSA) is 35.2 Å². The summed E-state index contributed by atoms with van der Waals surface area (Å²) in [5.41, 5.74) is 7.05. The summed E-state index contributed by atoms with van der Waals surface area (Å²) in [4.78, 5) is 0. The standard InChI is InChI=1S/C16H16Cl2FNO/c1-2-15(20)16(10-3-5-11(17)6-4-10)21-12-7-8-14(19)13(18)9-12/h3-9,15-16H,2,20H2,1H3. The molecule has 2 rings (SSSR count). The van der Waals surface area contributed by atoms with Crippen molar-refractivity contribution in [2.24, 2.45) is 5.73 Å². The summed E-state index contributed by atoms with van der Waals surface area (Å²) in [6.07, 6.45) is 0.385. The van der Waals surface area contributed by atoms with E-state index in [2.05, 4.69) is 0 Å². The Bertz CT molecular complexity index is 604. The van der Waals surface area contributed by atoms with E-state index in [0.29, 0.717) is 10.8 Å². The average molecular weight is 328 g/mol. The van der Waals surface area contributed by atoms with Gasteiger partial charge in [-0.15, -0.1) is 0 Å².